The monoisotopic (exact) mass is 843 g/mol. The van der Waals surface area contributed by atoms with Crippen molar-refractivity contribution in [2.75, 3.05) is 73.0 Å². The first-order valence-corrected chi connectivity index (χ1v) is 21.8. The predicted molar refractivity (Wildman–Crippen MR) is 254 cm³/mol. The molecular formula is C49H78N8O4. The van der Waals surface area contributed by atoms with Crippen molar-refractivity contribution in [2.45, 2.75) is 70.6 Å². The highest BCUT2D eigenvalue weighted by molar-refractivity contribution is 5.76. The molecule has 0 aromatic heterocycles. The number of carbonyl (C=O) groups excluding carboxylic acids is 2. The average Bonchev–Trinajstić information content (AvgIpc) is 3.28. The van der Waals surface area contributed by atoms with Gasteiger partial charge in [0.05, 0.1) is 0 Å². The number of benzene rings is 4. The highest BCUT2D eigenvalue weighted by Crippen LogP contribution is 2.01. The van der Waals surface area contributed by atoms with Crippen LogP contribution in [0.4, 0.5) is 0 Å². The lowest BCUT2D eigenvalue weighted by Crippen LogP contribution is -2.26. The van der Waals surface area contributed by atoms with E-state index in [1.165, 1.54) is 22.3 Å². The van der Waals surface area contributed by atoms with Crippen molar-refractivity contribution in [3.8, 4) is 0 Å². The summed E-state index contributed by atoms with van der Waals surface area (Å²) in [5.41, 5.74) is 21.3. The third-order valence-electron chi connectivity index (χ3n) is 8.68. The van der Waals surface area contributed by atoms with Crippen LogP contribution in [-0.4, -0.2) is 95.9 Å². The zero-order chi connectivity index (χ0) is 44.9. The first-order valence-electron chi connectivity index (χ1n) is 21.8. The number of hydrogen-bond acceptors (Lipinski definition) is 9. The highest BCUT2D eigenvalue weighted by Gasteiger charge is 2.01. The third kappa shape index (κ3) is 39.0. The van der Waals surface area contributed by atoms with Gasteiger partial charge in [0.25, 0.3) is 0 Å². The van der Waals surface area contributed by atoms with Gasteiger partial charge in [-0.05, 0) is 134 Å². The number of rotatable bonds is 25. The van der Waals surface area contributed by atoms with Crippen molar-refractivity contribution in [2.24, 2.45) is 17.2 Å². The summed E-state index contributed by atoms with van der Waals surface area (Å²) >= 11 is 0. The summed E-state index contributed by atoms with van der Waals surface area (Å²) in [5, 5.41) is 23.1. The maximum Gasteiger partial charge on any atom is 0.303 e. The Kier molecular flexibility index (Phi) is 39.6. The van der Waals surface area contributed by atoms with Gasteiger partial charge in [-0.25, -0.2) is 0 Å². The molecule has 0 bridgehead atoms. The molecule has 0 saturated carbocycles. The van der Waals surface area contributed by atoms with Gasteiger partial charge in [0.15, 0.2) is 0 Å². The Morgan fingerprint density at radius 1 is 0.426 bits per heavy atom. The SMILES string of the molecule is CNCCCC(=O)NCCc1ccccc1.CNCCCC(=O)O.NCCCC(=O)NCCc1ccccc1.NCCCNCCc1ccccc1.NCCc1ccccc1. The summed E-state index contributed by atoms with van der Waals surface area (Å²) in [7, 11) is 3.70. The zero-order valence-electron chi connectivity index (χ0n) is 37.1. The molecule has 12 heteroatoms. The Bertz CT molecular complexity index is 1550. The van der Waals surface area contributed by atoms with Crippen LogP contribution >= 0.6 is 0 Å². The van der Waals surface area contributed by atoms with E-state index in [4.69, 9.17) is 22.3 Å². The molecule has 0 aliphatic carbocycles. The number of nitrogens with one attached hydrogen (secondary N) is 5. The number of carboxylic acid groups (broad SMARTS) is 1. The summed E-state index contributed by atoms with van der Waals surface area (Å²) in [5.74, 6) is -0.484. The number of amides is 2. The Morgan fingerprint density at radius 2 is 0.787 bits per heavy atom. The van der Waals surface area contributed by atoms with Gasteiger partial charge in [-0.2, -0.15) is 0 Å². The van der Waals surface area contributed by atoms with Crippen LogP contribution in [0, 0.1) is 0 Å². The van der Waals surface area contributed by atoms with Crippen molar-refractivity contribution in [1.29, 1.82) is 0 Å². The summed E-state index contributed by atoms with van der Waals surface area (Å²) in [6.45, 7) is 7.27. The Morgan fingerprint density at radius 3 is 1.15 bits per heavy atom. The average molecular weight is 843 g/mol. The largest absolute Gasteiger partial charge is 0.481 e. The third-order valence-corrected chi connectivity index (χ3v) is 8.68. The molecule has 0 saturated heterocycles. The molecule has 0 aliphatic rings. The first-order chi connectivity index (χ1) is 29.8. The fourth-order valence-corrected chi connectivity index (χ4v) is 5.30. The minimum absolute atomic E-state index is 0.0939. The highest BCUT2D eigenvalue weighted by atomic mass is 16.4. The second kappa shape index (κ2) is 43.1. The predicted octanol–water partition coefficient (Wildman–Crippen LogP) is 4.86. The van der Waals surface area contributed by atoms with Crippen molar-refractivity contribution in [1.82, 2.24) is 26.6 Å². The van der Waals surface area contributed by atoms with E-state index in [0.717, 1.165) is 90.8 Å². The molecule has 61 heavy (non-hydrogen) atoms. The second-order valence-electron chi connectivity index (χ2n) is 14.0. The summed E-state index contributed by atoms with van der Waals surface area (Å²) < 4.78 is 0. The quantitative estimate of drug-likeness (QED) is 0.0414. The van der Waals surface area contributed by atoms with E-state index in [0.29, 0.717) is 32.4 Å². The Labute approximate surface area is 367 Å². The van der Waals surface area contributed by atoms with E-state index in [1.807, 2.05) is 74.8 Å². The standard InChI is InChI=1S/C13H20N2O.C12H18N2O.C11H18N2.C8H11N.C5H11NO2/c1-14-10-5-8-13(16)15-11-9-12-6-3-2-4-7-12;13-9-4-7-12(15)14-10-8-11-5-2-1-3-6-11;12-8-4-9-13-10-7-11-5-2-1-3-6-11;9-7-6-8-4-2-1-3-5-8;1-6-4-2-3-5(7)8/h2-4,6-7,14H,5,8-11H2,1H3,(H,15,16);1-3,5-6H,4,7-10,13H2,(H,14,15);1-3,5-6,13H,4,7-10,12H2;1-5H,6-7,9H2;6H,2-4H2,1H3,(H,7,8). The number of carboxylic acids is 1. The van der Waals surface area contributed by atoms with Gasteiger partial charge in [0, 0.05) is 32.4 Å². The van der Waals surface area contributed by atoms with E-state index in [-0.39, 0.29) is 18.2 Å². The van der Waals surface area contributed by atoms with Gasteiger partial charge in [0.2, 0.25) is 11.8 Å². The fraction of sp³-hybridized carbons (Fsp3) is 0.449. The number of aliphatic carboxylic acids is 1. The van der Waals surface area contributed by atoms with E-state index in [9.17, 15) is 14.4 Å². The van der Waals surface area contributed by atoms with Crippen LogP contribution in [0.3, 0.4) is 0 Å². The van der Waals surface area contributed by atoms with Gasteiger partial charge >= 0.3 is 5.97 Å². The van der Waals surface area contributed by atoms with Gasteiger partial charge < -0.3 is 48.9 Å². The second-order valence-corrected chi connectivity index (χ2v) is 14.0. The molecule has 4 aromatic carbocycles. The molecule has 0 fully saturated rings. The van der Waals surface area contributed by atoms with Crippen LogP contribution in [0.5, 0.6) is 0 Å². The summed E-state index contributed by atoms with van der Waals surface area (Å²) in [4.78, 5) is 32.4. The minimum Gasteiger partial charge on any atom is -0.481 e. The molecule has 2 amide bonds. The lowest BCUT2D eigenvalue weighted by molar-refractivity contribution is -0.137. The van der Waals surface area contributed by atoms with Crippen LogP contribution < -0.4 is 43.8 Å². The van der Waals surface area contributed by atoms with Crippen molar-refractivity contribution in [3.05, 3.63) is 144 Å². The summed E-state index contributed by atoms with van der Waals surface area (Å²) in [6.07, 6.45) is 8.72. The van der Waals surface area contributed by atoms with E-state index in [1.54, 1.807) is 0 Å². The summed E-state index contributed by atoms with van der Waals surface area (Å²) in [6, 6.07) is 41.1. The molecular weight excluding hydrogens is 765 g/mol. The van der Waals surface area contributed by atoms with Crippen LogP contribution in [-0.2, 0) is 40.1 Å². The topological polar surface area (TPSA) is 210 Å². The Balaban J connectivity index is 0.000000755. The molecule has 0 unspecified atom stereocenters. The van der Waals surface area contributed by atoms with Crippen LogP contribution in [0.2, 0.25) is 0 Å². The number of nitrogens with two attached hydrogens (primary N) is 3. The zero-order valence-corrected chi connectivity index (χ0v) is 37.1. The smallest absolute Gasteiger partial charge is 0.303 e. The van der Waals surface area contributed by atoms with Gasteiger partial charge in [-0.15, -0.1) is 0 Å². The normalized spacial score (nSPS) is 9.85. The molecule has 12 nitrogen and oxygen atoms in total. The van der Waals surface area contributed by atoms with Crippen molar-refractivity contribution >= 4 is 17.8 Å². The van der Waals surface area contributed by atoms with E-state index < -0.39 is 5.97 Å². The molecule has 0 heterocycles. The van der Waals surface area contributed by atoms with Crippen molar-refractivity contribution < 1.29 is 19.5 Å². The number of hydrogen-bond donors (Lipinski definition) is 9. The molecule has 0 radical (unpaired) electrons. The Hall–Kier alpha value is -4.95. The van der Waals surface area contributed by atoms with Gasteiger partial charge in [0.1, 0.15) is 0 Å². The molecule has 0 spiro atoms. The minimum atomic E-state index is -0.722. The lowest BCUT2D eigenvalue weighted by Gasteiger charge is -2.05. The van der Waals surface area contributed by atoms with Gasteiger partial charge in [-0.1, -0.05) is 121 Å². The molecule has 0 atom stereocenters. The molecule has 12 N–H and O–H groups in total. The molecule has 4 rings (SSSR count). The van der Waals surface area contributed by atoms with E-state index >= 15 is 0 Å². The van der Waals surface area contributed by atoms with Crippen molar-refractivity contribution in [3.63, 3.8) is 0 Å². The number of carbonyl (C=O) groups is 3. The van der Waals surface area contributed by atoms with Gasteiger partial charge in [-0.3, -0.25) is 14.4 Å². The van der Waals surface area contributed by atoms with Crippen LogP contribution in [0.25, 0.3) is 0 Å². The fourth-order valence-electron chi connectivity index (χ4n) is 5.30. The molecule has 4 aromatic rings. The molecule has 0 aliphatic heterocycles. The lowest BCUT2D eigenvalue weighted by atomic mass is 10.1. The van der Waals surface area contributed by atoms with Crippen LogP contribution in [0.15, 0.2) is 121 Å². The molecule has 338 valence electrons. The maximum atomic E-state index is 11.4. The van der Waals surface area contributed by atoms with Crippen LogP contribution in [0.1, 0.15) is 67.2 Å². The maximum absolute atomic E-state index is 11.4. The first kappa shape index (κ1) is 56.1. The van der Waals surface area contributed by atoms with E-state index in [2.05, 4.69) is 87.2 Å².